The van der Waals surface area contributed by atoms with E-state index < -0.39 is 0 Å². The maximum absolute atomic E-state index is 9.57. The Labute approximate surface area is 102 Å². The average Bonchev–Trinajstić information content (AvgIpc) is 2.90. The summed E-state index contributed by atoms with van der Waals surface area (Å²) in [6, 6.07) is 0. The molecule has 1 aromatic heterocycles. The van der Waals surface area contributed by atoms with Crippen LogP contribution in [0.2, 0.25) is 0 Å². The summed E-state index contributed by atoms with van der Waals surface area (Å²) in [7, 11) is 0. The molecule has 0 radical (unpaired) electrons. The maximum Gasteiger partial charge on any atom is 0.141 e. The Hall–Kier alpha value is -0.940. The molecular formula is C12H22N4O. The van der Waals surface area contributed by atoms with E-state index in [0.717, 1.165) is 44.8 Å². The Bertz CT molecular complexity index is 350. The molecule has 2 atom stereocenters. The molecule has 2 unspecified atom stereocenters. The second kappa shape index (κ2) is 5.60. The molecular weight excluding hydrogens is 216 g/mol. The first kappa shape index (κ1) is 12.5. The van der Waals surface area contributed by atoms with Crippen LogP contribution >= 0.6 is 0 Å². The van der Waals surface area contributed by atoms with Crippen molar-refractivity contribution in [2.45, 2.75) is 45.9 Å². The lowest BCUT2D eigenvalue weighted by Crippen LogP contribution is -2.25. The lowest BCUT2D eigenvalue weighted by atomic mass is 10.0. The number of aromatic nitrogens is 3. The fraction of sp³-hybridized carbons (Fsp3) is 0.833. The number of hydrogen-bond donors (Lipinski definition) is 1. The van der Waals surface area contributed by atoms with Gasteiger partial charge in [0.2, 0.25) is 0 Å². The molecule has 0 saturated carbocycles. The number of aliphatic hydroxyl groups is 1. The number of aryl methyl sites for hydroxylation is 1. The standard InChI is InChI=1S/C12H22N4O/c1-3-5-16-12(13-9-14-16)8-15-6-4-11(7-15)10(2)17/h9-11,17H,3-8H2,1-2H3. The van der Waals surface area contributed by atoms with Crippen LogP contribution in [0.5, 0.6) is 0 Å². The van der Waals surface area contributed by atoms with Crippen LogP contribution in [0.4, 0.5) is 0 Å². The van der Waals surface area contributed by atoms with Gasteiger partial charge < -0.3 is 5.11 Å². The van der Waals surface area contributed by atoms with Gasteiger partial charge in [-0.15, -0.1) is 0 Å². The van der Waals surface area contributed by atoms with Crippen LogP contribution in [0.3, 0.4) is 0 Å². The summed E-state index contributed by atoms with van der Waals surface area (Å²) >= 11 is 0. The number of nitrogens with zero attached hydrogens (tertiary/aromatic N) is 4. The third-order valence-corrected chi connectivity index (χ3v) is 3.49. The Kier molecular flexibility index (Phi) is 4.12. The third kappa shape index (κ3) is 3.04. The molecule has 1 aliphatic rings. The summed E-state index contributed by atoms with van der Waals surface area (Å²) in [5, 5.41) is 13.8. The van der Waals surface area contributed by atoms with Gasteiger partial charge in [-0.3, -0.25) is 4.90 Å². The SMILES string of the molecule is CCCn1ncnc1CN1CCC(C(C)O)C1. The van der Waals surface area contributed by atoms with Gasteiger partial charge in [-0.05, 0) is 32.2 Å². The van der Waals surface area contributed by atoms with E-state index in [1.165, 1.54) is 0 Å². The van der Waals surface area contributed by atoms with Crippen molar-refractivity contribution in [1.82, 2.24) is 19.7 Å². The van der Waals surface area contributed by atoms with E-state index in [2.05, 4.69) is 21.9 Å². The van der Waals surface area contributed by atoms with Gasteiger partial charge in [-0.2, -0.15) is 5.10 Å². The second-order valence-corrected chi connectivity index (χ2v) is 4.92. The molecule has 0 aromatic carbocycles. The van der Waals surface area contributed by atoms with Gasteiger partial charge in [-0.25, -0.2) is 9.67 Å². The molecule has 0 aliphatic carbocycles. The topological polar surface area (TPSA) is 54.2 Å². The summed E-state index contributed by atoms with van der Waals surface area (Å²) in [4.78, 5) is 6.67. The highest BCUT2D eigenvalue weighted by Crippen LogP contribution is 2.20. The van der Waals surface area contributed by atoms with Crippen molar-refractivity contribution in [3.05, 3.63) is 12.2 Å². The van der Waals surface area contributed by atoms with Crippen molar-refractivity contribution >= 4 is 0 Å². The van der Waals surface area contributed by atoms with Crippen LogP contribution in [0.25, 0.3) is 0 Å². The van der Waals surface area contributed by atoms with E-state index in [0.29, 0.717) is 5.92 Å². The van der Waals surface area contributed by atoms with E-state index >= 15 is 0 Å². The molecule has 0 bridgehead atoms. The fourth-order valence-electron chi connectivity index (χ4n) is 2.41. The predicted octanol–water partition coefficient (Wildman–Crippen LogP) is 0.891. The van der Waals surface area contributed by atoms with E-state index in [9.17, 15) is 5.11 Å². The Morgan fingerprint density at radius 2 is 2.41 bits per heavy atom. The zero-order valence-corrected chi connectivity index (χ0v) is 10.7. The quantitative estimate of drug-likeness (QED) is 0.828. The first-order valence-electron chi connectivity index (χ1n) is 6.47. The molecule has 1 N–H and O–H groups in total. The average molecular weight is 238 g/mol. The summed E-state index contributed by atoms with van der Waals surface area (Å²) in [6.45, 7) is 7.83. The number of aliphatic hydroxyl groups excluding tert-OH is 1. The van der Waals surface area contributed by atoms with Crippen molar-refractivity contribution in [3.8, 4) is 0 Å². The van der Waals surface area contributed by atoms with Gasteiger partial charge in [0.15, 0.2) is 0 Å². The Morgan fingerprint density at radius 3 is 3.06 bits per heavy atom. The first-order valence-corrected chi connectivity index (χ1v) is 6.47. The number of likely N-dealkylation sites (tertiary alicyclic amines) is 1. The van der Waals surface area contributed by atoms with Gasteiger partial charge in [0.1, 0.15) is 12.2 Å². The minimum absolute atomic E-state index is 0.200. The first-order chi connectivity index (χ1) is 8.20. The molecule has 1 saturated heterocycles. The van der Waals surface area contributed by atoms with Crippen LogP contribution in [-0.4, -0.2) is 44.0 Å². The van der Waals surface area contributed by atoms with Crippen molar-refractivity contribution in [1.29, 1.82) is 0 Å². The normalized spacial score (nSPS) is 23.1. The van der Waals surface area contributed by atoms with Crippen molar-refractivity contribution in [3.63, 3.8) is 0 Å². The lowest BCUT2D eigenvalue weighted by molar-refractivity contribution is 0.126. The number of rotatable bonds is 5. The zero-order chi connectivity index (χ0) is 12.3. The van der Waals surface area contributed by atoms with Gasteiger partial charge in [0, 0.05) is 13.1 Å². The summed E-state index contributed by atoms with van der Waals surface area (Å²) in [6.07, 6.45) is 3.59. The van der Waals surface area contributed by atoms with Gasteiger partial charge >= 0.3 is 0 Å². The number of hydrogen-bond acceptors (Lipinski definition) is 4. The lowest BCUT2D eigenvalue weighted by Gasteiger charge is -2.17. The highest BCUT2D eigenvalue weighted by molar-refractivity contribution is 4.88. The molecule has 5 nitrogen and oxygen atoms in total. The molecule has 2 rings (SSSR count). The molecule has 96 valence electrons. The highest BCUT2D eigenvalue weighted by atomic mass is 16.3. The largest absolute Gasteiger partial charge is 0.393 e. The molecule has 1 aromatic rings. The van der Waals surface area contributed by atoms with Crippen LogP contribution in [0.15, 0.2) is 6.33 Å². The van der Waals surface area contributed by atoms with Gasteiger partial charge in [-0.1, -0.05) is 6.92 Å². The Morgan fingerprint density at radius 1 is 1.59 bits per heavy atom. The van der Waals surface area contributed by atoms with E-state index in [4.69, 9.17) is 0 Å². The van der Waals surface area contributed by atoms with Crippen LogP contribution < -0.4 is 0 Å². The maximum atomic E-state index is 9.57. The molecule has 0 amide bonds. The van der Waals surface area contributed by atoms with Crippen LogP contribution in [-0.2, 0) is 13.1 Å². The molecule has 17 heavy (non-hydrogen) atoms. The molecule has 1 aliphatic heterocycles. The van der Waals surface area contributed by atoms with E-state index in [1.54, 1.807) is 6.33 Å². The second-order valence-electron chi connectivity index (χ2n) is 4.92. The summed E-state index contributed by atoms with van der Waals surface area (Å²) in [5.74, 6) is 1.45. The van der Waals surface area contributed by atoms with Gasteiger partial charge in [0.25, 0.3) is 0 Å². The third-order valence-electron chi connectivity index (χ3n) is 3.49. The van der Waals surface area contributed by atoms with Crippen molar-refractivity contribution in [2.24, 2.45) is 5.92 Å². The van der Waals surface area contributed by atoms with E-state index in [1.807, 2.05) is 11.6 Å². The van der Waals surface area contributed by atoms with Crippen molar-refractivity contribution < 1.29 is 5.11 Å². The molecule has 0 spiro atoms. The molecule has 5 heteroatoms. The fourth-order valence-corrected chi connectivity index (χ4v) is 2.41. The Balaban J connectivity index is 1.91. The smallest absolute Gasteiger partial charge is 0.141 e. The minimum Gasteiger partial charge on any atom is -0.393 e. The van der Waals surface area contributed by atoms with Crippen molar-refractivity contribution in [2.75, 3.05) is 13.1 Å². The van der Waals surface area contributed by atoms with E-state index in [-0.39, 0.29) is 6.10 Å². The summed E-state index contributed by atoms with van der Waals surface area (Å²) < 4.78 is 1.98. The predicted molar refractivity (Wildman–Crippen MR) is 65.4 cm³/mol. The summed E-state index contributed by atoms with van der Waals surface area (Å²) in [5.41, 5.74) is 0. The monoisotopic (exact) mass is 238 g/mol. The van der Waals surface area contributed by atoms with Gasteiger partial charge in [0.05, 0.1) is 12.6 Å². The minimum atomic E-state index is -0.200. The highest BCUT2D eigenvalue weighted by Gasteiger charge is 2.26. The molecule has 2 heterocycles. The van der Waals surface area contributed by atoms with Crippen LogP contribution in [0.1, 0.15) is 32.5 Å². The molecule has 1 fully saturated rings. The van der Waals surface area contributed by atoms with Crippen LogP contribution in [0, 0.1) is 5.92 Å². The zero-order valence-electron chi connectivity index (χ0n) is 10.7.